The molecule has 0 atom stereocenters. The van der Waals surface area contributed by atoms with Crippen molar-refractivity contribution in [2.45, 2.75) is 43.9 Å². The van der Waals surface area contributed by atoms with Gasteiger partial charge in [-0.3, -0.25) is 4.79 Å². The maximum absolute atomic E-state index is 13.8. The van der Waals surface area contributed by atoms with Crippen LogP contribution >= 0.6 is 0 Å². The second-order valence-corrected chi connectivity index (χ2v) is 10.8. The lowest BCUT2D eigenvalue weighted by Crippen LogP contribution is -2.37. The minimum atomic E-state index is -3.78. The number of benzene rings is 3. The molecule has 1 aromatic heterocycles. The number of carbonyl (C=O) groups excluding carboxylic acids is 1. The van der Waals surface area contributed by atoms with Crippen molar-refractivity contribution in [1.29, 1.82) is 0 Å². The van der Waals surface area contributed by atoms with Gasteiger partial charge >= 0.3 is 0 Å². The van der Waals surface area contributed by atoms with Gasteiger partial charge in [0.2, 0.25) is 15.0 Å². The van der Waals surface area contributed by atoms with E-state index in [2.05, 4.69) is 4.98 Å². The van der Waals surface area contributed by atoms with Crippen LogP contribution in [0.25, 0.3) is 0 Å². The van der Waals surface area contributed by atoms with Gasteiger partial charge in [0.15, 0.2) is 0 Å². The predicted molar refractivity (Wildman–Crippen MR) is 137 cm³/mol. The SMILES string of the molecule is CC(C)N(Cc1cnc(S(=O)(=O)Cc2ccccc2)n1Cc1ccccc1)C(=O)c1cccc(F)c1. The third-order valence-corrected chi connectivity index (χ3v) is 7.45. The molecule has 1 amide bonds. The van der Waals surface area contributed by atoms with Gasteiger partial charge in [-0.2, -0.15) is 0 Å². The lowest BCUT2D eigenvalue weighted by Gasteiger charge is -2.27. The van der Waals surface area contributed by atoms with Crippen LogP contribution in [-0.2, 0) is 28.7 Å². The molecule has 0 saturated heterocycles. The molecule has 6 nitrogen and oxygen atoms in total. The van der Waals surface area contributed by atoms with Gasteiger partial charge in [-0.05, 0) is 43.2 Å². The summed E-state index contributed by atoms with van der Waals surface area (Å²) < 4.78 is 42.3. The first kappa shape index (κ1) is 25.3. The van der Waals surface area contributed by atoms with Crippen LogP contribution in [0.5, 0.6) is 0 Å². The highest BCUT2D eigenvalue weighted by Gasteiger charge is 2.27. The number of carbonyl (C=O) groups is 1. The van der Waals surface area contributed by atoms with E-state index in [9.17, 15) is 17.6 Å². The van der Waals surface area contributed by atoms with Crippen LogP contribution in [0.15, 0.2) is 96.3 Å². The molecule has 0 N–H and O–H groups in total. The van der Waals surface area contributed by atoms with E-state index < -0.39 is 15.7 Å². The zero-order chi connectivity index (χ0) is 25.7. The first-order chi connectivity index (χ1) is 17.2. The smallest absolute Gasteiger partial charge is 0.254 e. The molecule has 0 saturated carbocycles. The third-order valence-electron chi connectivity index (χ3n) is 5.85. The van der Waals surface area contributed by atoms with Crippen molar-refractivity contribution in [2.75, 3.05) is 0 Å². The molecule has 0 fully saturated rings. The summed E-state index contributed by atoms with van der Waals surface area (Å²) in [5.41, 5.74) is 2.37. The van der Waals surface area contributed by atoms with E-state index in [0.29, 0.717) is 11.3 Å². The van der Waals surface area contributed by atoms with Gasteiger partial charge < -0.3 is 9.47 Å². The highest BCUT2D eigenvalue weighted by Crippen LogP contribution is 2.22. The fourth-order valence-corrected chi connectivity index (χ4v) is 5.50. The fraction of sp³-hybridized carbons (Fsp3) is 0.214. The van der Waals surface area contributed by atoms with Crippen LogP contribution < -0.4 is 0 Å². The van der Waals surface area contributed by atoms with Crippen LogP contribution in [0.1, 0.15) is 41.0 Å². The van der Waals surface area contributed by atoms with E-state index in [-0.39, 0.29) is 41.5 Å². The first-order valence-corrected chi connectivity index (χ1v) is 13.3. The van der Waals surface area contributed by atoms with E-state index in [1.54, 1.807) is 39.8 Å². The van der Waals surface area contributed by atoms with Gasteiger partial charge in [0.1, 0.15) is 5.82 Å². The molecule has 0 aliphatic rings. The highest BCUT2D eigenvalue weighted by atomic mass is 32.2. The van der Waals surface area contributed by atoms with Gasteiger partial charge in [-0.15, -0.1) is 0 Å². The molecule has 4 rings (SSSR count). The molecule has 3 aromatic carbocycles. The summed E-state index contributed by atoms with van der Waals surface area (Å²) in [6, 6.07) is 23.8. The molecule has 0 aliphatic carbocycles. The zero-order valence-electron chi connectivity index (χ0n) is 20.2. The first-order valence-electron chi connectivity index (χ1n) is 11.7. The summed E-state index contributed by atoms with van der Waals surface area (Å²) in [5.74, 6) is -1.02. The monoisotopic (exact) mass is 505 g/mol. The average Bonchev–Trinajstić information content (AvgIpc) is 3.26. The summed E-state index contributed by atoms with van der Waals surface area (Å²) in [5, 5.41) is -0.0490. The van der Waals surface area contributed by atoms with Gasteiger partial charge in [-0.25, -0.2) is 17.8 Å². The maximum Gasteiger partial charge on any atom is 0.254 e. The molecule has 4 aromatic rings. The Balaban J connectivity index is 1.72. The van der Waals surface area contributed by atoms with Crippen molar-refractivity contribution in [3.63, 3.8) is 0 Å². The van der Waals surface area contributed by atoms with E-state index in [0.717, 1.165) is 5.56 Å². The Morgan fingerprint density at radius 2 is 1.58 bits per heavy atom. The molecule has 186 valence electrons. The Labute approximate surface area is 211 Å². The number of imidazole rings is 1. The molecular weight excluding hydrogens is 477 g/mol. The Morgan fingerprint density at radius 1 is 0.944 bits per heavy atom. The second kappa shape index (κ2) is 10.9. The number of hydrogen-bond acceptors (Lipinski definition) is 4. The van der Waals surface area contributed by atoms with Crippen LogP contribution in [0.2, 0.25) is 0 Å². The van der Waals surface area contributed by atoms with Crippen molar-refractivity contribution >= 4 is 15.7 Å². The summed E-state index contributed by atoms with van der Waals surface area (Å²) >= 11 is 0. The summed E-state index contributed by atoms with van der Waals surface area (Å²) in [6.45, 7) is 4.12. The topological polar surface area (TPSA) is 72.3 Å². The second-order valence-electron chi connectivity index (χ2n) is 8.89. The maximum atomic E-state index is 13.8. The highest BCUT2D eigenvalue weighted by molar-refractivity contribution is 7.90. The number of halogens is 1. The molecule has 36 heavy (non-hydrogen) atoms. The minimum Gasteiger partial charge on any atom is -0.330 e. The van der Waals surface area contributed by atoms with Crippen molar-refractivity contribution in [3.8, 4) is 0 Å². The fourth-order valence-electron chi connectivity index (χ4n) is 4.01. The van der Waals surface area contributed by atoms with E-state index in [1.807, 2.05) is 50.2 Å². The number of nitrogens with zero attached hydrogens (tertiary/aromatic N) is 3. The third kappa shape index (κ3) is 5.88. The normalized spacial score (nSPS) is 11.6. The zero-order valence-corrected chi connectivity index (χ0v) is 21.0. The number of rotatable bonds is 9. The molecule has 8 heteroatoms. The van der Waals surface area contributed by atoms with E-state index in [4.69, 9.17) is 0 Å². The minimum absolute atomic E-state index is 0.0490. The van der Waals surface area contributed by atoms with Crippen molar-refractivity contribution < 1.29 is 17.6 Å². The Hall–Kier alpha value is -3.78. The summed E-state index contributed by atoms with van der Waals surface area (Å²) in [7, 11) is -3.78. The molecule has 0 spiro atoms. The number of sulfone groups is 1. The predicted octanol–water partition coefficient (Wildman–Crippen LogP) is 5.10. The standard InChI is InChI=1S/C28H28FN3O3S/c1-21(2)31(27(33)24-14-9-15-25(29)16-24)19-26-17-30-28(32(26)18-22-10-5-3-6-11-22)36(34,35)20-23-12-7-4-8-13-23/h3-17,21H,18-20H2,1-2H3. The molecule has 0 aliphatic heterocycles. The Bertz CT molecular complexity index is 1440. The molecule has 1 heterocycles. The van der Waals surface area contributed by atoms with Gasteiger partial charge in [0, 0.05) is 11.6 Å². The Kier molecular flexibility index (Phi) is 7.64. The molecular formula is C28H28FN3O3S. The van der Waals surface area contributed by atoms with E-state index >= 15 is 0 Å². The lowest BCUT2D eigenvalue weighted by molar-refractivity contribution is 0.0685. The quantitative estimate of drug-likeness (QED) is 0.318. The van der Waals surface area contributed by atoms with E-state index in [1.165, 1.54) is 24.4 Å². The number of aromatic nitrogens is 2. The van der Waals surface area contributed by atoms with Crippen LogP contribution in [0, 0.1) is 5.82 Å². The van der Waals surface area contributed by atoms with Crippen LogP contribution in [0.3, 0.4) is 0 Å². The summed E-state index contributed by atoms with van der Waals surface area (Å²) in [4.78, 5) is 19.2. The van der Waals surface area contributed by atoms with Crippen molar-refractivity contribution in [1.82, 2.24) is 14.5 Å². The van der Waals surface area contributed by atoms with Crippen LogP contribution in [-0.4, -0.2) is 34.8 Å². The lowest BCUT2D eigenvalue weighted by atomic mass is 10.1. The van der Waals surface area contributed by atoms with Crippen molar-refractivity contribution in [2.24, 2.45) is 0 Å². The van der Waals surface area contributed by atoms with Crippen LogP contribution in [0.4, 0.5) is 4.39 Å². The Morgan fingerprint density at radius 3 is 2.19 bits per heavy atom. The van der Waals surface area contributed by atoms with Gasteiger partial charge in [-0.1, -0.05) is 66.7 Å². The van der Waals surface area contributed by atoms with Crippen molar-refractivity contribution in [3.05, 3.63) is 119 Å². The summed E-state index contributed by atoms with van der Waals surface area (Å²) in [6.07, 6.45) is 1.51. The molecule has 0 bridgehead atoms. The molecule has 0 radical (unpaired) electrons. The number of amides is 1. The largest absolute Gasteiger partial charge is 0.330 e. The average molecular weight is 506 g/mol. The van der Waals surface area contributed by atoms with Gasteiger partial charge in [0.05, 0.1) is 30.7 Å². The number of hydrogen-bond donors (Lipinski definition) is 0. The molecule has 0 unspecified atom stereocenters. The van der Waals surface area contributed by atoms with Gasteiger partial charge in [0.25, 0.3) is 5.91 Å².